The number of nitrogens with zero attached hydrogens (tertiary/aromatic N) is 5. The van der Waals surface area contributed by atoms with Gasteiger partial charge in [0.15, 0.2) is 23.3 Å². The number of fused-ring (bicyclic) bond motifs is 3. The zero-order chi connectivity index (χ0) is 40.5. The van der Waals surface area contributed by atoms with E-state index in [2.05, 4.69) is 115 Å². The maximum atomic E-state index is 5.00. The lowest BCUT2D eigenvalue weighted by molar-refractivity contribution is 0.674. The molecule has 1 N–H and O–H groups in total. The molecule has 3 heterocycles. The molecular formula is C54H36N6S. The fraction of sp³-hybridized carbons (Fsp3) is 0.0185. The molecule has 0 bridgehead atoms. The van der Waals surface area contributed by atoms with Crippen molar-refractivity contribution in [2.75, 3.05) is 0 Å². The van der Waals surface area contributed by atoms with E-state index in [0.29, 0.717) is 17.5 Å². The number of amidine groups is 2. The second kappa shape index (κ2) is 15.7. The van der Waals surface area contributed by atoms with Gasteiger partial charge < -0.3 is 5.32 Å². The van der Waals surface area contributed by atoms with Gasteiger partial charge in [0.2, 0.25) is 0 Å². The minimum Gasteiger partial charge on any atom is -0.344 e. The van der Waals surface area contributed by atoms with Gasteiger partial charge in [-0.15, -0.1) is 11.3 Å². The zero-order valence-corrected chi connectivity index (χ0v) is 33.7. The summed E-state index contributed by atoms with van der Waals surface area (Å²) in [6, 6.07) is 71.4. The van der Waals surface area contributed by atoms with Crippen LogP contribution in [0.4, 0.5) is 0 Å². The van der Waals surface area contributed by atoms with E-state index in [-0.39, 0.29) is 6.17 Å². The third-order valence-electron chi connectivity index (χ3n) is 11.0. The molecular weight excluding hydrogens is 765 g/mol. The van der Waals surface area contributed by atoms with Gasteiger partial charge in [-0.2, -0.15) is 0 Å². The molecule has 0 saturated heterocycles. The Morgan fingerprint density at radius 2 is 0.754 bits per heavy atom. The largest absolute Gasteiger partial charge is 0.344 e. The van der Waals surface area contributed by atoms with Crippen molar-refractivity contribution in [2.45, 2.75) is 6.17 Å². The molecule has 1 atom stereocenters. The molecule has 10 aromatic rings. The Balaban J connectivity index is 0.888. The monoisotopic (exact) mass is 800 g/mol. The molecule has 7 heteroatoms. The lowest BCUT2D eigenvalue weighted by Gasteiger charge is -2.23. The van der Waals surface area contributed by atoms with Crippen LogP contribution in [0.1, 0.15) is 22.9 Å². The van der Waals surface area contributed by atoms with E-state index < -0.39 is 0 Å². The van der Waals surface area contributed by atoms with Crippen LogP contribution >= 0.6 is 11.3 Å². The van der Waals surface area contributed by atoms with Crippen molar-refractivity contribution >= 4 is 43.2 Å². The van der Waals surface area contributed by atoms with Gasteiger partial charge in [-0.3, -0.25) is 0 Å². The summed E-state index contributed by atoms with van der Waals surface area (Å²) >= 11 is 1.83. The first-order valence-electron chi connectivity index (χ1n) is 20.3. The maximum absolute atomic E-state index is 5.00. The Kier molecular flexibility index (Phi) is 9.33. The summed E-state index contributed by atoms with van der Waals surface area (Å²) in [7, 11) is 0. The molecule has 6 nitrogen and oxygen atoms in total. The molecule has 11 rings (SSSR count). The van der Waals surface area contributed by atoms with Crippen LogP contribution in [-0.2, 0) is 0 Å². The third kappa shape index (κ3) is 7.28. The molecule has 61 heavy (non-hydrogen) atoms. The third-order valence-corrected chi connectivity index (χ3v) is 12.2. The summed E-state index contributed by atoms with van der Waals surface area (Å²) in [5.41, 5.74) is 10.5. The SMILES string of the molecule is c1ccc(C2=NC(c3ccccc3)NC(c3ccc(-c4ccc5sc6ccc(-c7ccc(-c8nc(-c9ccccc9)nc(-c9ccccc9)n8)cc7)cc6c5c4)cc3)=N2)cc1. The first kappa shape index (κ1) is 36.2. The number of hydrogen-bond acceptors (Lipinski definition) is 7. The molecule has 0 saturated carbocycles. The fourth-order valence-electron chi connectivity index (χ4n) is 7.82. The highest BCUT2D eigenvalue weighted by atomic mass is 32.1. The van der Waals surface area contributed by atoms with E-state index in [1.54, 1.807) is 0 Å². The van der Waals surface area contributed by atoms with Gasteiger partial charge in [0.25, 0.3) is 0 Å². The Morgan fingerprint density at radius 1 is 0.361 bits per heavy atom. The van der Waals surface area contributed by atoms with Crippen LogP contribution in [0.25, 0.3) is 76.6 Å². The molecule has 0 aliphatic carbocycles. The lowest BCUT2D eigenvalue weighted by atomic mass is 9.99. The van der Waals surface area contributed by atoms with Crippen LogP contribution < -0.4 is 5.32 Å². The average molecular weight is 801 g/mol. The normalized spacial score (nSPS) is 13.7. The number of nitrogens with one attached hydrogen (secondary N) is 1. The molecule has 0 radical (unpaired) electrons. The van der Waals surface area contributed by atoms with Crippen molar-refractivity contribution < 1.29 is 0 Å². The van der Waals surface area contributed by atoms with Gasteiger partial charge in [0, 0.05) is 48.0 Å². The average Bonchev–Trinajstić information content (AvgIpc) is 3.72. The number of thiophene rings is 1. The quantitative estimate of drug-likeness (QED) is 0.166. The van der Waals surface area contributed by atoms with E-state index in [1.807, 2.05) is 108 Å². The Labute approximate surface area is 357 Å². The first-order valence-corrected chi connectivity index (χ1v) is 21.1. The predicted octanol–water partition coefficient (Wildman–Crippen LogP) is 13.1. The van der Waals surface area contributed by atoms with Crippen LogP contribution in [-0.4, -0.2) is 26.6 Å². The Bertz CT molecular complexity index is 3180. The zero-order valence-electron chi connectivity index (χ0n) is 32.9. The molecule has 1 aliphatic rings. The summed E-state index contributed by atoms with van der Waals surface area (Å²) in [4.78, 5) is 24.7. The number of hydrogen-bond donors (Lipinski definition) is 1. The molecule has 0 amide bonds. The predicted molar refractivity (Wildman–Crippen MR) is 252 cm³/mol. The molecule has 0 spiro atoms. The van der Waals surface area contributed by atoms with Gasteiger partial charge in [-0.25, -0.2) is 24.9 Å². The van der Waals surface area contributed by atoms with Gasteiger partial charge >= 0.3 is 0 Å². The van der Waals surface area contributed by atoms with Crippen LogP contribution in [0.2, 0.25) is 0 Å². The van der Waals surface area contributed by atoms with Gasteiger partial charge in [-0.05, 0) is 52.1 Å². The van der Waals surface area contributed by atoms with Crippen molar-refractivity contribution in [2.24, 2.45) is 9.98 Å². The van der Waals surface area contributed by atoms with E-state index in [0.717, 1.165) is 61.7 Å². The lowest BCUT2D eigenvalue weighted by Crippen LogP contribution is -2.33. The highest BCUT2D eigenvalue weighted by Crippen LogP contribution is 2.39. The molecule has 1 aliphatic heterocycles. The molecule has 0 fully saturated rings. The van der Waals surface area contributed by atoms with E-state index in [4.69, 9.17) is 24.9 Å². The van der Waals surface area contributed by atoms with Crippen LogP contribution in [0.5, 0.6) is 0 Å². The highest BCUT2D eigenvalue weighted by molar-refractivity contribution is 7.25. The standard InChI is InChI=1S/C54H36N6S/c1-5-13-37(14-6-1)49-55-50(38-15-7-2-8-16-38)58-53(57-49)41-25-21-35(22-26-41)43-29-31-47-45(33-43)46-34-44(30-32-48(46)61-47)36-23-27-42(28-24-36)54-59-51(39-17-9-3-10-18-39)56-52(60-54)40-19-11-4-12-20-40/h1-34,49H,(H,55,57,58). The Hall–Kier alpha value is -7.87. The highest BCUT2D eigenvalue weighted by Gasteiger charge is 2.21. The van der Waals surface area contributed by atoms with Gasteiger partial charge in [0.05, 0.1) is 0 Å². The Morgan fingerprint density at radius 3 is 1.25 bits per heavy atom. The van der Waals surface area contributed by atoms with Gasteiger partial charge in [0.1, 0.15) is 12.0 Å². The topological polar surface area (TPSA) is 75.4 Å². The van der Waals surface area contributed by atoms with E-state index >= 15 is 0 Å². The van der Waals surface area contributed by atoms with Crippen LogP contribution in [0.15, 0.2) is 216 Å². The van der Waals surface area contributed by atoms with Crippen LogP contribution in [0, 0.1) is 0 Å². The minimum absolute atomic E-state index is 0.239. The second-order valence-electron chi connectivity index (χ2n) is 15.0. The number of aromatic nitrogens is 3. The smallest absolute Gasteiger partial charge is 0.164 e. The van der Waals surface area contributed by atoms with E-state index in [1.165, 1.54) is 25.7 Å². The van der Waals surface area contributed by atoms with Crippen molar-refractivity contribution in [1.82, 2.24) is 20.3 Å². The summed E-state index contributed by atoms with van der Waals surface area (Å²) in [5.74, 6) is 3.47. The molecule has 8 aromatic carbocycles. The summed E-state index contributed by atoms with van der Waals surface area (Å²) in [6.07, 6.45) is -0.239. The summed E-state index contributed by atoms with van der Waals surface area (Å²) in [5, 5.41) is 6.09. The summed E-state index contributed by atoms with van der Waals surface area (Å²) in [6.45, 7) is 0. The number of rotatable bonds is 8. The minimum atomic E-state index is -0.239. The van der Waals surface area contributed by atoms with Crippen molar-refractivity contribution in [3.63, 3.8) is 0 Å². The second-order valence-corrected chi connectivity index (χ2v) is 16.0. The molecule has 288 valence electrons. The number of aliphatic imine (C=N–C) groups is 2. The van der Waals surface area contributed by atoms with Crippen molar-refractivity contribution in [3.05, 3.63) is 223 Å². The maximum Gasteiger partial charge on any atom is 0.164 e. The van der Waals surface area contributed by atoms with Crippen LogP contribution in [0.3, 0.4) is 0 Å². The van der Waals surface area contributed by atoms with Crippen molar-refractivity contribution in [3.8, 4) is 56.4 Å². The number of benzene rings is 8. The molecule has 1 unspecified atom stereocenters. The first-order chi connectivity index (χ1) is 30.2. The molecule has 2 aromatic heterocycles. The van der Waals surface area contributed by atoms with Gasteiger partial charge in [-0.1, -0.05) is 182 Å². The van der Waals surface area contributed by atoms with Crippen molar-refractivity contribution in [1.29, 1.82) is 0 Å². The summed E-state index contributed by atoms with van der Waals surface area (Å²) < 4.78 is 2.53. The fourth-order valence-corrected chi connectivity index (χ4v) is 8.89. The van der Waals surface area contributed by atoms with E-state index in [9.17, 15) is 0 Å².